The number of aromatic nitrogens is 3. The molecule has 0 unspecified atom stereocenters. The minimum absolute atomic E-state index is 0.729. The van der Waals surface area contributed by atoms with Gasteiger partial charge in [0.1, 0.15) is 0 Å². The molecule has 3 heteroatoms. The molecule has 8 aromatic rings. The van der Waals surface area contributed by atoms with Crippen molar-refractivity contribution in [3.05, 3.63) is 140 Å². The van der Waals surface area contributed by atoms with E-state index in [0.29, 0.717) is 0 Å². The van der Waals surface area contributed by atoms with Crippen LogP contribution < -0.4 is 0 Å². The van der Waals surface area contributed by atoms with Crippen molar-refractivity contribution < 1.29 is 0 Å². The molecule has 0 saturated carbocycles. The molecule has 2 heterocycles. The second kappa shape index (κ2) is 8.64. The van der Waals surface area contributed by atoms with Gasteiger partial charge in [0.2, 0.25) is 0 Å². The van der Waals surface area contributed by atoms with Gasteiger partial charge in [-0.15, -0.1) is 0 Å². The molecular formula is C36H23N3. The average molecular weight is 498 g/mol. The zero-order valence-electron chi connectivity index (χ0n) is 21.1. The van der Waals surface area contributed by atoms with Gasteiger partial charge in [-0.25, -0.2) is 9.97 Å². The van der Waals surface area contributed by atoms with Crippen LogP contribution in [0.5, 0.6) is 0 Å². The van der Waals surface area contributed by atoms with Gasteiger partial charge in [0.15, 0.2) is 5.82 Å². The fourth-order valence-corrected chi connectivity index (χ4v) is 5.71. The second-order valence-corrected chi connectivity index (χ2v) is 9.89. The van der Waals surface area contributed by atoms with Crippen LogP contribution in [0.1, 0.15) is 0 Å². The van der Waals surface area contributed by atoms with Gasteiger partial charge in [-0.1, -0.05) is 91.0 Å². The quantitative estimate of drug-likeness (QED) is 0.244. The molecule has 0 fully saturated rings. The Hall–Kier alpha value is -5.28. The van der Waals surface area contributed by atoms with Crippen molar-refractivity contribution >= 4 is 43.5 Å². The van der Waals surface area contributed by atoms with E-state index in [0.717, 1.165) is 39.2 Å². The molecule has 3 nitrogen and oxygen atoms in total. The topological polar surface area (TPSA) is 30.7 Å². The molecule has 0 aliphatic heterocycles. The third kappa shape index (κ3) is 3.52. The SMILES string of the molecule is c1ccc(-c2nc(-c3ccc(-n4c5ccccc5c5cc6ccccc6cc54)cc3)nc3ccccc23)cc1. The molecular weight excluding hydrogens is 474 g/mol. The van der Waals surface area contributed by atoms with E-state index >= 15 is 0 Å². The number of nitrogens with zero attached hydrogens (tertiary/aromatic N) is 3. The van der Waals surface area contributed by atoms with Gasteiger partial charge in [-0.3, -0.25) is 0 Å². The first-order chi connectivity index (χ1) is 19.3. The normalized spacial score (nSPS) is 11.6. The van der Waals surface area contributed by atoms with Crippen LogP contribution in [0.4, 0.5) is 0 Å². The van der Waals surface area contributed by atoms with Crippen molar-refractivity contribution in [1.29, 1.82) is 0 Å². The number of benzene rings is 6. The molecule has 0 N–H and O–H groups in total. The number of hydrogen-bond acceptors (Lipinski definition) is 2. The Kier molecular flexibility index (Phi) is 4.82. The summed E-state index contributed by atoms with van der Waals surface area (Å²) in [6, 6.07) is 49.0. The fraction of sp³-hybridized carbons (Fsp3) is 0. The monoisotopic (exact) mass is 497 g/mol. The first-order valence-electron chi connectivity index (χ1n) is 13.2. The third-order valence-corrected chi connectivity index (χ3v) is 7.57. The summed E-state index contributed by atoms with van der Waals surface area (Å²) in [5.74, 6) is 0.729. The van der Waals surface area contributed by atoms with E-state index < -0.39 is 0 Å². The van der Waals surface area contributed by atoms with Crippen molar-refractivity contribution in [3.8, 4) is 28.3 Å². The van der Waals surface area contributed by atoms with Gasteiger partial charge in [-0.2, -0.15) is 0 Å². The summed E-state index contributed by atoms with van der Waals surface area (Å²) < 4.78 is 2.36. The first-order valence-corrected chi connectivity index (χ1v) is 13.2. The standard InChI is InChI=1S/C36H23N3/c1-2-10-24(11-3-1)35-30-15-6-8-16-32(30)37-36(38-35)25-18-20-28(21-19-25)39-33-17-9-7-14-29(33)31-22-26-12-4-5-13-27(26)23-34(31)39/h1-23H. The van der Waals surface area contributed by atoms with Crippen LogP contribution in [0.3, 0.4) is 0 Å². The molecule has 182 valence electrons. The van der Waals surface area contributed by atoms with Crippen LogP contribution in [0, 0.1) is 0 Å². The fourth-order valence-electron chi connectivity index (χ4n) is 5.71. The molecule has 0 spiro atoms. The Balaban J connectivity index is 1.30. The third-order valence-electron chi connectivity index (χ3n) is 7.57. The van der Waals surface area contributed by atoms with E-state index in [9.17, 15) is 0 Å². The maximum absolute atomic E-state index is 5.05. The van der Waals surface area contributed by atoms with E-state index in [1.807, 2.05) is 18.2 Å². The molecule has 2 aromatic heterocycles. The molecule has 0 aliphatic rings. The van der Waals surface area contributed by atoms with Gasteiger partial charge >= 0.3 is 0 Å². The maximum atomic E-state index is 5.05. The van der Waals surface area contributed by atoms with Crippen molar-refractivity contribution in [2.45, 2.75) is 0 Å². The van der Waals surface area contributed by atoms with Crippen LogP contribution in [-0.4, -0.2) is 14.5 Å². The zero-order chi connectivity index (χ0) is 25.8. The minimum Gasteiger partial charge on any atom is -0.309 e. The lowest BCUT2D eigenvalue weighted by Gasteiger charge is -2.11. The second-order valence-electron chi connectivity index (χ2n) is 9.89. The summed E-state index contributed by atoms with van der Waals surface area (Å²) in [6.07, 6.45) is 0. The van der Waals surface area contributed by atoms with Gasteiger partial charge in [0.25, 0.3) is 0 Å². The molecule has 0 saturated heterocycles. The molecule has 0 radical (unpaired) electrons. The summed E-state index contributed by atoms with van der Waals surface area (Å²) >= 11 is 0. The summed E-state index contributed by atoms with van der Waals surface area (Å²) in [6.45, 7) is 0. The smallest absolute Gasteiger partial charge is 0.160 e. The highest BCUT2D eigenvalue weighted by Crippen LogP contribution is 2.35. The van der Waals surface area contributed by atoms with Crippen molar-refractivity contribution in [1.82, 2.24) is 14.5 Å². The van der Waals surface area contributed by atoms with Crippen molar-refractivity contribution in [3.63, 3.8) is 0 Å². The molecule has 0 bridgehead atoms. The van der Waals surface area contributed by atoms with Gasteiger partial charge in [-0.05, 0) is 59.3 Å². The Bertz CT molecular complexity index is 2160. The van der Waals surface area contributed by atoms with E-state index in [1.54, 1.807) is 0 Å². The van der Waals surface area contributed by atoms with Gasteiger partial charge in [0, 0.05) is 33.0 Å². The molecule has 8 rings (SSSR count). The number of rotatable bonds is 3. The molecule has 0 aliphatic carbocycles. The summed E-state index contributed by atoms with van der Waals surface area (Å²) in [4.78, 5) is 9.99. The number of hydrogen-bond donors (Lipinski definition) is 0. The predicted octanol–water partition coefficient (Wildman–Crippen LogP) is 9.21. The summed E-state index contributed by atoms with van der Waals surface area (Å²) in [5, 5.41) is 6.07. The van der Waals surface area contributed by atoms with Crippen LogP contribution in [0.25, 0.3) is 71.8 Å². The Morgan fingerprint density at radius 1 is 0.436 bits per heavy atom. The van der Waals surface area contributed by atoms with E-state index in [1.165, 1.54) is 32.6 Å². The minimum atomic E-state index is 0.729. The zero-order valence-corrected chi connectivity index (χ0v) is 21.1. The Labute approximate surface area is 225 Å². The Morgan fingerprint density at radius 2 is 1.10 bits per heavy atom. The lowest BCUT2D eigenvalue weighted by Crippen LogP contribution is -1.97. The summed E-state index contributed by atoms with van der Waals surface area (Å²) in [7, 11) is 0. The highest BCUT2D eigenvalue weighted by molar-refractivity contribution is 6.13. The Morgan fingerprint density at radius 3 is 1.92 bits per heavy atom. The van der Waals surface area contributed by atoms with Crippen LogP contribution in [-0.2, 0) is 0 Å². The van der Waals surface area contributed by atoms with E-state index in [2.05, 4.69) is 126 Å². The largest absolute Gasteiger partial charge is 0.309 e. The summed E-state index contributed by atoms with van der Waals surface area (Å²) in [5.41, 5.74) is 7.50. The molecule has 39 heavy (non-hydrogen) atoms. The number of fused-ring (bicyclic) bond motifs is 5. The molecule has 0 amide bonds. The lowest BCUT2D eigenvalue weighted by atomic mass is 10.1. The first kappa shape index (κ1) is 21.8. The van der Waals surface area contributed by atoms with E-state index in [4.69, 9.17) is 9.97 Å². The highest BCUT2D eigenvalue weighted by Gasteiger charge is 2.15. The van der Waals surface area contributed by atoms with Crippen LogP contribution in [0.2, 0.25) is 0 Å². The van der Waals surface area contributed by atoms with Crippen LogP contribution in [0.15, 0.2) is 140 Å². The average Bonchev–Trinajstić information content (AvgIpc) is 3.33. The van der Waals surface area contributed by atoms with Gasteiger partial charge in [0.05, 0.1) is 22.2 Å². The van der Waals surface area contributed by atoms with Crippen LogP contribution >= 0.6 is 0 Å². The molecule has 0 atom stereocenters. The lowest BCUT2D eigenvalue weighted by molar-refractivity contribution is 1.17. The number of para-hydroxylation sites is 2. The highest BCUT2D eigenvalue weighted by atomic mass is 15.0. The predicted molar refractivity (Wildman–Crippen MR) is 162 cm³/mol. The maximum Gasteiger partial charge on any atom is 0.160 e. The van der Waals surface area contributed by atoms with Crippen molar-refractivity contribution in [2.75, 3.05) is 0 Å². The van der Waals surface area contributed by atoms with Gasteiger partial charge < -0.3 is 4.57 Å². The molecule has 6 aromatic carbocycles. The van der Waals surface area contributed by atoms with Crippen molar-refractivity contribution in [2.24, 2.45) is 0 Å². The van der Waals surface area contributed by atoms with E-state index in [-0.39, 0.29) is 0 Å².